The Hall–Kier alpha value is -1.26. The first-order chi connectivity index (χ1) is 8.87. The van der Waals surface area contributed by atoms with E-state index in [9.17, 15) is 4.79 Å². The molecule has 0 aromatic heterocycles. The largest absolute Gasteiger partial charge is 0.459 e. The number of carbonyl (C=O) groups excluding carboxylic acids is 1. The lowest BCUT2D eigenvalue weighted by molar-refractivity contribution is -0.0444. The highest BCUT2D eigenvalue weighted by Crippen LogP contribution is 2.29. The number of nitrogens with two attached hydrogens (primary N) is 1. The third kappa shape index (κ3) is 3.61. The highest BCUT2D eigenvalue weighted by Gasteiger charge is 2.32. The van der Waals surface area contributed by atoms with Gasteiger partial charge in [-0.25, -0.2) is 4.79 Å². The van der Waals surface area contributed by atoms with Crippen molar-refractivity contribution in [2.75, 3.05) is 12.3 Å². The number of anilines is 1. The predicted octanol–water partition coefficient (Wildman–Crippen LogP) is 3.04. The molecule has 0 amide bonds. The molecular weight excluding hydrogens is 266 g/mol. The Balaban J connectivity index is 1.89. The van der Waals surface area contributed by atoms with Crippen LogP contribution in [0.15, 0.2) is 18.2 Å². The Kier molecular flexibility index (Phi) is 4.02. The topological polar surface area (TPSA) is 61.5 Å². The molecule has 1 heterocycles. The summed E-state index contributed by atoms with van der Waals surface area (Å²) >= 11 is 5.87. The predicted molar refractivity (Wildman–Crippen MR) is 74.3 cm³/mol. The van der Waals surface area contributed by atoms with Gasteiger partial charge in [0.15, 0.2) is 0 Å². The second-order valence-electron chi connectivity index (χ2n) is 5.37. The Morgan fingerprint density at radius 3 is 2.89 bits per heavy atom. The third-order valence-electron chi connectivity index (χ3n) is 3.19. The smallest absolute Gasteiger partial charge is 0.338 e. The molecule has 1 aliphatic heterocycles. The molecule has 0 bridgehead atoms. The molecule has 0 aliphatic carbocycles. The van der Waals surface area contributed by atoms with E-state index >= 15 is 0 Å². The summed E-state index contributed by atoms with van der Waals surface area (Å²) in [5.41, 5.74) is 6.31. The van der Waals surface area contributed by atoms with Crippen molar-refractivity contribution < 1.29 is 14.3 Å². The van der Waals surface area contributed by atoms with Crippen molar-refractivity contribution in [1.82, 2.24) is 0 Å². The lowest BCUT2D eigenvalue weighted by atomic mass is 10.1. The van der Waals surface area contributed by atoms with Gasteiger partial charge in [0, 0.05) is 0 Å². The molecule has 104 valence electrons. The molecule has 4 nitrogen and oxygen atoms in total. The van der Waals surface area contributed by atoms with E-state index in [-0.39, 0.29) is 18.3 Å². The summed E-state index contributed by atoms with van der Waals surface area (Å²) in [5, 5.41) is 0.354. The van der Waals surface area contributed by atoms with E-state index in [1.54, 1.807) is 12.1 Å². The van der Waals surface area contributed by atoms with Crippen LogP contribution in [0.25, 0.3) is 0 Å². The number of hydrogen-bond acceptors (Lipinski definition) is 4. The van der Waals surface area contributed by atoms with Crippen molar-refractivity contribution in [3.8, 4) is 0 Å². The van der Waals surface area contributed by atoms with Crippen LogP contribution in [0.4, 0.5) is 5.69 Å². The average Bonchev–Trinajstić information content (AvgIpc) is 2.69. The number of hydrogen-bond donors (Lipinski definition) is 1. The fraction of sp³-hybridized carbons (Fsp3) is 0.500. The van der Waals surface area contributed by atoms with Crippen LogP contribution in [-0.2, 0) is 9.47 Å². The maximum atomic E-state index is 11.8. The van der Waals surface area contributed by atoms with Crippen molar-refractivity contribution in [3.63, 3.8) is 0 Å². The number of carbonyl (C=O) groups is 1. The molecule has 2 rings (SSSR count). The number of esters is 1. The zero-order chi connectivity index (χ0) is 14.0. The molecule has 1 fully saturated rings. The standard InChI is InChI=1S/C14H18ClNO3/c1-14(2)6-5-10(19-14)8-18-13(17)9-3-4-12(16)11(15)7-9/h3-4,7,10H,5-6,8,16H2,1-2H3. The van der Waals surface area contributed by atoms with Gasteiger partial charge in [0.25, 0.3) is 0 Å². The van der Waals surface area contributed by atoms with Gasteiger partial charge in [-0.3, -0.25) is 0 Å². The summed E-state index contributed by atoms with van der Waals surface area (Å²) in [6, 6.07) is 4.70. The van der Waals surface area contributed by atoms with Gasteiger partial charge in [-0.2, -0.15) is 0 Å². The van der Waals surface area contributed by atoms with E-state index in [4.69, 9.17) is 26.8 Å². The van der Waals surface area contributed by atoms with Gasteiger partial charge in [-0.05, 0) is 44.9 Å². The van der Waals surface area contributed by atoms with Crippen LogP contribution >= 0.6 is 11.6 Å². The van der Waals surface area contributed by atoms with Crippen LogP contribution in [0.1, 0.15) is 37.0 Å². The highest BCUT2D eigenvalue weighted by atomic mass is 35.5. The number of halogens is 1. The van der Waals surface area contributed by atoms with Crippen molar-refractivity contribution in [2.45, 2.75) is 38.4 Å². The van der Waals surface area contributed by atoms with Crippen LogP contribution in [-0.4, -0.2) is 24.3 Å². The van der Waals surface area contributed by atoms with Crippen molar-refractivity contribution in [1.29, 1.82) is 0 Å². The van der Waals surface area contributed by atoms with E-state index in [0.717, 1.165) is 12.8 Å². The second-order valence-corrected chi connectivity index (χ2v) is 5.78. The zero-order valence-corrected chi connectivity index (χ0v) is 11.9. The van der Waals surface area contributed by atoms with Gasteiger partial charge in [0.2, 0.25) is 0 Å². The Labute approximate surface area is 117 Å². The summed E-state index contributed by atoms with van der Waals surface area (Å²) in [6.07, 6.45) is 1.86. The van der Waals surface area contributed by atoms with Crippen molar-refractivity contribution in [3.05, 3.63) is 28.8 Å². The molecule has 0 radical (unpaired) electrons. The SMILES string of the molecule is CC1(C)CCC(COC(=O)c2ccc(N)c(Cl)c2)O1. The van der Waals surface area contributed by atoms with Gasteiger partial charge >= 0.3 is 5.97 Å². The maximum absolute atomic E-state index is 11.8. The monoisotopic (exact) mass is 283 g/mol. The van der Waals surface area contributed by atoms with Crippen molar-refractivity contribution in [2.24, 2.45) is 0 Å². The van der Waals surface area contributed by atoms with Crippen LogP contribution in [0.2, 0.25) is 5.02 Å². The lowest BCUT2D eigenvalue weighted by Crippen LogP contribution is -2.24. The van der Waals surface area contributed by atoms with Gasteiger partial charge in [-0.1, -0.05) is 11.6 Å². The molecule has 0 saturated carbocycles. The van der Waals surface area contributed by atoms with Gasteiger partial charge in [0.1, 0.15) is 6.61 Å². The first-order valence-corrected chi connectivity index (χ1v) is 6.65. The summed E-state index contributed by atoms with van der Waals surface area (Å²) in [7, 11) is 0. The molecule has 1 aromatic carbocycles. The molecule has 5 heteroatoms. The molecule has 1 saturated heterocycles. The summed E-state index contributed by atoms with van der Waals surface area (Å²) in [4.78, 5) is 11.8. The second kappa shape index (κ2) is 5.39. The van der Waals surface area contributed by atoms with E-state index in [0.29, 0.717) is 16.3 Å². The number of benzene rings is 1. The lowest BCUT2D eigenvalue weighted by Gasteiger charge is -2.19. The van der Waals surface area contributed by atoms with E-state index in [1.807, 2.05) is 13.8 Å². The molecular formula is C14H18ClNO3. The normalized spacial score (nSPS) is 21.3. The first kappa shape index (κ1) is 14.2. The molecule has 1 unspecified atom stereocenters. The van der Waals surface area contributed by atoms with Crippen LogP contribution < -0.4 is 5.73 Å². The Morgan fingerprint density at radius 2 is 2.32 bits per heavy atom. The summed E-state index contributed by atoms with van der Waals surface area (Å²) in [6.45, 7) is 4.34. The minimum Gasteiger partial charge on any atom is -0.459 e. The number of nitrogen functional groups attached to an aromatic ring is 1. The molecule has 1 aromatic rings. The van der Waals surface area contributed by atoms with E-state index < -0.39 is 5.97 Å². The Bertz CT molecular complexity index is 488. The van der Waals surface area contributed by atoms with Crippen LogP contribution in [0.5, 0.6) is 0 Å². The number of ether oxygens (including phenoxy) is 2. The van der Waals surface area contributed by atoms with Gasteiger partial charge in [-0.15, -0.1) is 0 Å². The summed E-state index contributed by atoms with van der Waals surface area (Å²) in [5.74, 6) is -0.407. The molecule has 0 spiro atoms. The fourth-order valence-corrected chi connectivity index (χ4v) is 2.28. The third-order valence-corrected chi connectivity index (χ3v) is 3.52. The van der Waals surface area contributed by atoms with Crippen molar-refractivity contribution >= 4 is 23.3 Å². The number of rotatable bonds is 3. The summed E-state index contributed by atoms with van der Waals surface area (Å²) < 4.78 is 11.0. The zero-order valence-electron chi connectivity index (χ0n) is 11.1. The average molecular weight is 284 g/mol. The molecule has 1 atom stereocenters. The maximum Gasteiger partial charge on any atom is 0.338 e. The van der Waals surface area contributed by atoms with E-state index in [1.165, 1.54) is 6.07 Å². The molecule has 2 N–H and O–H groups in total. The highest BCUT2D eigenvalue weighted by molar-refractivity contribution is 6.33. The van der Waals surface area contributed by atoms with E-state index in [2.05, 4.69) is 0 Å². The van der Waals surface area contributed by atoms with Crippen LogP contribution in [0.3, 0.4) is 0 Å². The quantitative estimate of drug-likeness (QED) is 0.684. The minimum atomic E-state index is -0.407. The van der Waals surface area contributed by atoms with Gasteiger partial charge < -0.3 is 15.2 Å². The minimum absolute atomic E-state index is 0.0248. The molecule has 1 aliphatic rings. The first-order valence-electron chi connectivity index (χ1n) is 6.27. The fourth-order valence-electron chi connectivity index (χ4n) is 2.10. The Morgan fingerprint density at radius 1 is 1.58 bits per heavy atom. The van der Waals surface area contributed by atoms with Crippen LogP contribution in [0, 0.1) is 0 Å². The molecule has 19 heavy (non-hydrogen) atoms. The van der Waals surface area contributed by atoms with Gasteiger partial charge in [0.05, 0.1) is 28.0 Å².